The normalized spacial score (nSPS) is 17.1. The summed E-state index contributed by atoms with van der Waals surface area (Å²) in [6.45, 7) is 6.12. The van der Waals surface area contributed by atoms with Crippen LogP contribution in [0.15, 0.2) is 12.2 Å². The number of hydrogen-bond acceptors (Lipinski definition) is 1. The highest BCUT2D eigenvalue weighted by atomic mass is 16.2. The van der Waals surface area contributed by atoms with Crippen molar-refractivity contribution in [2.24, 2.45) is 0 Å². The lowest BCUT2D eigenvalue weighted by molar-refractivity contribution is 0.225. The van der Waals surface area contributed by atoms with Gasteiger partial charge >= 0.3 is 6.03 Å². The van der Waals surface area contributed by atoms with Crippen molar-refractivity contribution in [2.45, 2.75) is 51.6 Å². The van der Waals surface area contributed by atoms with Gasteiger partial charge in [-0.25, -0.2) is 4.79 Å². The molecule has 0 fully saturated rings. The summed E-state index contributed by atoms with van der Waals surface area (Å²) >= 11 is 0. The minimum absolute atomic E-state index is 0.0504. The number of carbonyl (C=O) groups excluding carboxylic acids is 1. The van der Waals surface area contributed by atoms with Crippen LogP contribution in [0.1, 0.15) is 40.0 Å². The van der Waals surface area contributed by atoms with Crippen LogP contribution < -0.4 is 10.6 Å². The van der Waals surface area contributed by atoms with Crippen molar-refractivity contribution in [3.63, 3.8) is 0 Å². The van der Waals surface area contributed by atoms with Crippen LogP contribution in [0.3, 0.4) is 0 Å². The van der Waals surface area contributed by atoms with E-state index in [-0.39, 0.29) is 11.6 Å². The molecule has 1 rings (SSSR count). The van der Waals surface area contributed by atoms with E-state index < -0.39 is 0 Å². The van der Waals surface area contributed by atoms with E-state index in [0.29, 0.717) is 6.04 Å². The summed E-state index contributed by atoms with van der Waals surface area (Å²) in [4.78, 5) is 11.5. The van der Waals surface area contributed by atoms with E-state index >= 15 is 0 Å². The molecule has 0 aromatic carbocycles. The van der Waals surface area contributed by atoms with Crippen molar-refractivity contribution in [1.82, 2.24) is 10.6 Å². The Labute approximate surface area is 86.0 Å². The summed E-state index contributed by atoms with van der Waals surface area (Å²) in [5.41, 5.74) is -0.115. The zero-order valence-corrected chi connectivity index (χ0v) is 9.26. The van der Waals surface area contributed by atoms with Crippen LogP contribution in [0.2, 0.25) is 0 Å². The molecule has 0 bridgehead atoms. The predicted octanol–water partition coefficient (Wildman–Crippen LogP) is 2.19. The largest absolute Gasteiger partial charge is 0.335 e. The highest BCUT2D eigenvalue weighted by Gasteiger charge is 2.19. The first-order valence-corrected chi connectivity index (χ1v) is 5.27. The summed E-state index contributed by atoms with van der Waals surface area (Å²) < 4.78 is 0. The second-order valence-electron chi connectivity index (χ2n) is 4.48. The number of amides is 2. The first kappa shape index (κ1) is 11.1. The fourth-order valence-corrected chi connectivity index (χ4v) is 1.35. The number of carbonyl (C=O) groups is 1. The highest BCUT2D eigenvalue weighted by Crippen LogP contribution is 2.10. The third-order valence-corrected chi connectivity index (χ3v) is 2.68. The Kier molecular flexibility index (Phi) is 3.55. The molecule has 0 radical (unpaired) electrons. The van der Waals surface area contributed by atoms with Crippen LogP contribution in [0, 0.1) is 0 Å². The van der Waals surface area contributed by atoms with Crippen LogP contribution in [0.4, 0.5) is 4.79 Å². The molecule has 3 nitrogen and oxygen atoms in total. The van der Waals surface area contributed by atoms with Gasteiger partial charge in [0.15, 0.2) is 0 Å². The van der Waals surface area contributed by atoms with Gasteiger partial charge in [-0.05, 0) is 33.1 Å². The molecule has 80 valence electrons. The molecule has 0 aromatic rings. The van der Waals surface area contributed by atoms with Gasteiger partial charge in [-0.1, -0.05) is 19.1 Å². The van der Waals surface area contributed by atoms with Crippen molar-refractivity contribution in [1.29, 1.82) is 0 Å². The molecule has 0 aliphatic heterocycles. The van der Waals surface area contributed by atoms with Crippen LogP contribution in [-0.4, -0.2) is 17.6 Å². The first-order valence-electron chi connectivity index (χ1n) is 5.27. The zero-order valence-electron chi connectivity index (χ0n) is 9.26. The highest BCUT2D eigenvalue weighted by molar-refractivity contribution is 5.75. The van der Waals surface area contributed by atoms with Crippen molar-refractivity contribution in [3.8, 4) is 0 Å². The van der Waals surface area contributed by atoms with E-state index in [2.05, 4.69) is 29.7 Å². The molecule has 0 saturated carbocycles. The average Bonchev–Trinajstić information content (AvgIpc) is 2.55. The molecule has 3 heteroatoms. The fourth-order valence-electron chi connectivity index (χ4n) is 1.35. The van der Waals surface area contributed by atoms with Gasteiger partial charge in [0.2, 0.25) is 0 Å². The van der Waals surface area contributed by atoms with Gasteiger partial charge in [0.1, 0.15) is 0 Å². The van der Waals surface area contributed by atoms with E-state index in [1.807, 2.05) is 13.8 Å². The quantitative estimate of drug-likeness (QED) is 0.667. The molecule has 0 atom stereocenters. The first-order chi connectivity index (χ1) is 6.53. The number of urea groups is 1. The van der Waals surface area contributed by atoms with Crippen LogP contribution in [0.25, 0.3) is 0 Å². The van der Waals surface area contributed by atoms with E-state index in [1.54, 1.807) is 0 Å². The summed E-state index contributed by atoms with van der Waals surface area (Å²) in [5, 5.41) is 5.91. The third kappa shape index (κ3) is 3.40. The Bertz CT molecular complexity index is 225. The monoisotopic (exact) mass is 196 g/mol. The molecule has 0 heterocycles. The van der Waals surface area contributed by atoms with Gasteiger partial charge in [0, 0.05) is 11.6 Å². The molecule has 1 aliphatic rings. The fraction of sp³-hybridized carbons (Fsp3) is 0.727. The lowest BCUT2D eigenvalue weighted by atomic mass is 10.0. The minimum atomic E-state index is -0.115. The Morgan fingerprint density at radius 3 is 2.50 bits per heavy atom. The maximum absolute atomic E-state index is 11.5. The molecule has 0 unspecified atom stereocenters. The lowest BCUT2D eigenvalue weighted by Crippen LogP contribution is -2.50. The summed E-state index contributed by atoms with van der Waals surface area (Å²) in [5.74, 6) is 0. The van der Waals surface area contributed by atoms with Gasteiger partial charge in [-0.2, -0.15) is 0 Å². The lowest BCUT2D eigenvalue weighted by Gasteiger charge is -2.25. The van der Waals surface area contributed by atoms with Crippen molar-refractivity contribution >= 4 is 6.03 Å². The van der Waals surface area contributed by atoms with Crippen LogP contribution >= 0.6 is 0 Å². The van der Waals surface area contributed by atoms with Gasteiger partial charge in [0.25, 0.3) is 0 Å². The molecule has 0 aromatic heterocycles. The zero-order chi connectivity index (χ0) is 10.6. The maximum atomic E-state index is 11.5. The maximum Gasteiger partial charge on any atom is 0.315 e. The van der Waals surface area contributed by atoms with Gasteiger partial charge in [-0.3, -0.25) is 0 Å². The third-order valence-electron chi connectivity index (χ3n) is 2.68. The summed E-state index contributed by atoms with van der Waals surface area (Å²) in [7, 11) is 0. The van der Waals surface area contributed by atoms with Crippen molar-refractivity contribution in [3.05, 3.63) is 12.2 Å². The Morgan fingerprint density at radius 2 is 2.00 bits per heavy atom. The molecule has 0 spiro atoms. The Morgan fingerprint density at radius 1 is 1.43 bits per heavy atom. The van der Waals surface area contributed by atoms with Gasteiger partial charge in [-0.15, -0.1) is 0 Å². The van der Waals surface area contributed by atoms with Crippen molar-refractivity contribution in [2.75, 3.05) is 0 Å². The number of hydrogen-bond donors (Lipinski definition) is 2. The number of nitrogens with one attached hydrogen (secondary N) is 2. The summed E-state index contributed by atoms with van der Waals surface area (Å²) in [6, 6.07) is 0.244. The molecular weight excluding hydrogens is 176 g/mol. The molecule has 2 N–H and O–H groups in total. The van der Waals surface area contributed by atoms with E-state index in [9.17, 15) is 4.79 Å². The molecule has 1 aliphatic carbocycles. The standard InChI is InChI=1S/C11H20N2O/c1-4-11(2,3)13-10(14)12-9-7-5-6-8-9/h5-6,9H,4,7-8H2,1-3H3,(H2,12,13,14). The van der Waals surface area contributed by atoms with Crippen LogP contribution in [0.5, 0.6) is 0 Å². The molecule has 0 saturated heterocycles. The summed E-state index contributed by atoms with van der Waals surface area (Å²) in [6.07, 6.45) is 7.06. The predicted molar refractivity (Wildman–Crippen MR) is 58.2 cm³/mol. The smallest absolute Gasteiger partial charge is 0.315 e. The van der Waals surface area contributed by atoms with E-state index in [4.69, 9.17) is 0 Å². The topological polar surface area (TPSA) is 41.1 Å². The number of rotatable bonds is 3. The molecular formula is C11H20N2O. The van der Waals surface area contributed by atoms with Gasteiger partial charge < -0.3 is 10.6 Å². The van der Waals surface area contributed by atoms with E-state index in [0.717, 1.165) is 19.3 Å². The Hall–Kier alpha value is -0.990. The second-order valence-corrected chi connectivity index (χ2v) is 4.48. The molecule has 2 amide bonds. The van der Waals surface area contributed by atoms with E-state index in [1.165, 1.54) is 0 Å². The second kappa shape index (κ2) is 4.49. The average molecular weight is 196 g/mol. The minimum Gasteiger partial charge on any atom is -0.335 e. The SMILES string of the molecule is CCC(C)(C)NC(=O)NC1CC=CC1. The van der Waals surface area contributed by atoms with Crippen molar-refractivity contribution < 1.29 is 4.79 Å². The Balaban J connectivity index is 2.28. The molecule has 14 heavy (non-hydrogen) atoms. The van der Waals surface area contributed by atoms with Crippen LogP contribution in [-0.2, 0) is 0 Å². The van der Waals surface area contributed by atoms with Gasteiger partial charge in [0.05, 0.1) is 0 Å².